The molecule has 0 spiro atoms. The lowest BCUT2D eigenvalue weighted by Crippen LogP contribution is -2.28. The van der Waals surface area contributed by atoms with Crippen LogP contribution in [-0.2, 0) is 4.79 Å². The number of ether oxygens (including phenoxy) is 1. The predicted octanol–water partition coefficient (Wildman–Crippen LogP) is 4.93. The van der Waals surface area contributed by atoms with Crippen molar-refractivity contribution in [3.05, 3.63) is 57.2 Å². The molecule has 1 heterocycles. The average molecular weight is 451 g/mol. The number of hydrogen-bond acceptors (Lipinski definition) is 5. The van der Waals surface area contributed by atoms with Crippen LogP contribution in [0.1, 0.15) is 12.5 Å². The van der Waals surface area contributed by atoms with E-state index < -0.39 is 0 Å². The van der Waals surface area contributed by atoms with Crippen LogP contribution in [0.3, 0.4) is 0 Å². The summed E-state index contributed by atoms with van der Waals surface area (Å²) in [6.45, 7) is 2.33. The van der Waals surface area contributed by atoms with Crippen molar-refractivity contribution >= 4 is 50.5 Å². The number of halogens is 2. The van der Waals surface area contributed by atoms with Crippen LogP contribution >= 0.6 is 27.7 Å². The Hall–Kier alpha value is -2.32. The van der Waals surface area contributed by atoms with Crippen molar-refractivity contribution in [1.82, 2.24) is 4.90 Å². The summed E-state index contributed by atoms with van der Waals surface area (Å²) in [6.07, 6.45) is 1.72. The molecule has 8 heteroatoms. The zero-order valence-electron chi connectivity index (χ0n) is 14.6. The number of benzene rings is 2. The number of carbonyl (C=O) groups is 1. The van der Waals surface area contributed by atoms with Gasteiger partial charge in [0.05, 0.1) is 22.2 Å². The molecule has 2 aromatic carbocycles. The third kappa shape index (κ3) is 4.17. The number of likely N-dealkylation sites (N-methyl/N-ethyl adjacent to an activating group) is 1. The van der Waals surface area contributed by atoms with Gasteiger partial charge in [-0.1, -0.05) is 0 Å². The van der Waals surface area contributed by atoms with E-state index in [0.29, 0.717) is 38.1 Å². The summed E-state index contributed by atoms with van der Waals surface area (Å²) in [5.41, 5.74) is 1.27. The molecule has 0 bridgehead atoms. The van der Waals surface area contributed by atoms with E-state index in [1.165, 1.54) is 31.0 Å². The van der Waals surface area contributed by atoms with E-state index in [1.54, 1.807) is 35.2 Å². The van der Waals surface area contributed by atoms with E-state index in [0.717, 1.165) is 0 Å². The number of carbonyl (C=O) groups excluding carboxylic acids is 1. The molecule has 0 radical (unpaired) electrons. The molecule has 3 rings (SSSR count). The van der Waals surface area contributed by atoms with Crippen LogP contribution in [0.2, 0.25) is 0 Å². The number of aliphatic imine (C=N–C) groups is 1. The number of phenolic OH excluding ortho intramolecular Hbond substituents is 1. The first-order valence-electron chi connectivity index (χ1n) is 8.05. The van der Waals surface area contributed by atoms with Crippen LogP contribution in [0.25, 0.3) is 6.08 Å². The second kappa shape index (κ2) is 8.14. The largest absolute Gasteiger partial charge is 0.503 e. The highest BCUT2D eigenvalue weighted by molar-refractivity contribution is 9.10. The number of amides is 1. The summed E-state index contributed by atoms with van der Waals surface area (Å²) in [5.74, 6) is -0.196. The van der Waals surface area contributed by atoms with Crippen LogP contribution in [-0.4, -0.2) is 34.7 Å². The van der Waals surface area contributed by atoms with Crippen LogP contribution in [0.4, 0.5) is 10.1 Å². The van der Waals surface area contributed by atoms with Gasteiger partial charge in [0.1, 0.15) is 5.82 Å². The topological polar surface area (TPSA) is 62.1 Å². The maximum Gasteiger partial charge on any atom is 0.266 e. The van der Waals surface area contributed by atoms with Crippen LogP contribution in [0.5, 0.6) is 11.5 Å². The maximum atomic E-state index is 13.1. The molecule has 0 saturated carbocycles. The van der Waals surface area contributed by atoms with E-state index >= 15 is 0 Å². The SMILES string of the molecule is CCN1C(=O)/C(=C\c2cc(Br)c(O)c(OC)c2)SC1=Nc1ccc(F)cc1. The minimum Gasteiger partial charge on any atom is -0.503 e. The van der Waals surface area contributed by atoms with Crippen molar-refractivity contribution in [2.75, 3.05) is 13.7 Å². The van der Waals surface area contributed by atoms with Crippen molar-refractivity contribution in [3.63, 3.8) is 0 Å². The van der Waals surface area contributed by atoms with E-state index in [9.17, 15) is 14.3 Å². The van der Waals surface area contributed by atoms with Gasteiger partial charge in [0, 0.05) is 6.54 Å². The normalized spacial score (nSPS) is 17.2. The molecule has 0 aliphatic carbocycles. The molecular formula is C19H16BrFN2O3S. The van der Waals surface area contributed by atoms with Crippen molar-refractivity contribution in [2.45, 2.75) is 6.92 Å². The Morgan fingerprint density at radius 3 is 2.67 bits per heavy atom. The van der Waals surface area contributed by atoms with Crippen LogP contribution in [0, 0.1) is 5.82 Å². The lowest BCUT2D eigenvalue weighted by Gasteiger charge is -2.12. The quantitative estimate of drug-likeness (QED) is 0.670. The standard InChI is InChI=1S/C19H16BrFN2O3S/c1-3-23-18(25)16(10-11-8-14(20)17(24)15(9-11)26-2)27-19(23)22-13-6-4-12(21)5-7-13/h4-10,24H,3H2,1-2H3/b16-10+,22-19?. The molecule has 27 heavy (non-hydrogen) atoms. The van der Waals surface area contributed by atoms with Gasteiger partial charge in [-0.3, -0.25) is 9.69 Å². The van der Waals surface area contributed by atoms with Gasteiger partial charge in [-0.25, -0.2) is 9.38 Å². The second-order valence-electron chi connectivity index (χ2n) is 5.58. The van der Waals surface area contributed by atoms with E-state index in [4.69, 9.17) is 4.74 Å². The number of nitrogens with zero attached hydrogens (tertiary/aromatic N) is 2. The Labute approximate surface area is 168 Å². The minimum absolute atomic E-state index is 0.00111. The molecule has 1 amide bonds. The summed E-state index contributed by atoms with van der Waals surface area (Å²) in [4.78, 5) is 19.2. The van der Waals surface area contributed by atoms with Gasteiger partial charge >= 0.3 is 0 Å². The lowest BCUT2D eigenvalue weighted by atomic mass is 10.2. The van der Waals surface area contributed by atoms with Crippen LogP contribution in [0.15, 0.2) is 50.8 Å². The van der Waals surface area contributed by atoms with Gasteiger partial charge in [0.2, 0.25) is 0 Å². The second-order valence-corrected chi connectivity index (χ2v) is 7.45. The number of rotatable bonds is 4. The molecule has 1 aliphatic rings. The van der Waals surface area contributed by atoms with Crippen molar-refractivity contribution < 1.29 is 19.0 Å². The summed E-state index contributed by atoms with van der Waals surface area (Å²) in [6, 6.07) is 9.12. The summed E-state index contributed by atoms with van der Waals surface area (Å²) in [5, 5.41) is 10.5. The molecule has 140 valence electrons. The van der Waals surface area contributed by atoms with Gasteiger partial charge in [0.15, 0.2) is 16.7 Å². The molecule has 1 aliphatic heterocycles. The fourth-order valence-electron chi connectivity index (χ4n) is 2.48. The molecule has 1 N–H and O–H groups in total. The molecule has 1 saturated heterocycles. The zero-order chi connectivity index (χ0) is 19.6. The summed E-state index contributed by atoms with van der Waals surface area (Å²) >= 11 is 4.52. The van der Waals surface area contributed by atoms with Gasteiger partial charge in [-0.15, -0.1) is 0 Å². The minimum atomic E-state index is -0.339. The number of aromatic hydroxyl groups is 1. The summed E-state index contributed by atoms with van der Waals surface area (Å²) < 4.78 is 18.7. The molecule has 1 fully saturated rings. The molecular weight excluding hydrogens is 435 g/mol. The Morgan fingerprint density at radius 1 is 1.33 bits per heavy atom. The van der Waals surface area contributed by atoms with Crippen molar-refractivity contribution in [3.8, 4) is 11.5 Å². The average Bonchev–Trinajstić information content (AvgIpc) is 2.94. The van der Waals surface area contributed by atoms with Gasteiger partial charge < -0.3 is 9.84 Å². The first-order chi connectivity index (χ1) is 12.9. The maximum absolute atomic E-state index is 13.1. The van der Waals surface area contributed by atoms with Gasteiger partial charge in [0.25, 0.3) is 5.91 Å². The Balaban J connectivity index is 1.96. The van der Waals surface area contributed by atoms with Crippen molar-refractivity contribution in [1.29, 1.82) is 0 Å². The Bertz CT molecular complexity index is 945. The fourth-order valence-corrected chi connectivity index (χ4v) is 4.00. The van der Waals surface area contributed by atoms with E-state index in [1.807, 2.05) is 6.92 Å². The highest BCUT2D eigenvalue weighted by Gasteiger charge is 2.32. The number of hydrogen-bond donors (Lipinski definition) is 1. The summed E-state index contributed by atoms with van der Waals surface area (Å²) in [7, 11) is 1.46. The van der Waals surface area contributed by atoms with Gasteiger partial charge in [-0.2, -0.15) is 0 Å². The zero-order valence-corrected chi connectivity index (χ0v) is 17.0. The number of amidine groups is 1. The van der Waals surface area contributed by atoms with Gasteiger partial charge in [-0.05, 0) is 82.7 Å². The smallest absolute Gasteiger partial charge is 0.266 e. The monoisotopic (exact) mass is 450 g/mol. The number of phenols is 1. The molecule has 0 unspecified atom stereocenters. The first-order valence-corrected chi connectivity index (χ1v) is 9.66. The highest BCUT2D eigenvalue weighted by Crippen LogP contribution is 2.38. The third-order valence-electron chi connectivity index (χ3n) is 3.82. The number of methoxy groups -OCH3 is 1. The first kappa shape index (κ1) is 19.4. The van der Waals surface area contributed by atoms with E-state index in [-0.39, 0.29) is 17.5 Å². The molecule has 0 atom stereocenters. The van der Waals surface area contributed by atoms with Crippen LogP contribution < -0.4 is 4.74 Å². The lowest BCUT2D eigenvalue weighted by molar-refractivity contribution is -0.122. The van der Waals surface area contributed by atoms with Crippen molar-refractivity contribution in [2.24, 2.45) is 4.99 Å². The Morgan fingerprint density at radius 2 is 2.04 bits per heavy atom. The predicted molar refractivity (Wildman–Crippen MR) is 109 cm³/mol. The highest BCUT2D eigenvalue weighted by atomic mass is 79.9. The third-order valence-corrected chi connectivity index (χ3v) is 5.44. The number of thioether (sulfide) groups is 1. The molecule has 2 aromatic rings. The fraction of sp³-hybridized carbons (Fsp3) is 0.158. The Kier molecular flexibility index (Phi) is 5.86. The van der Waals surface area contributed by atoms with E-state index in [2.05, 4.69) is 20.9 Å². The molecule has 0 aromatic heterocycles. The molecule has 5 nitrogen and oxygen atoms in total.